The lowest BCUT2D eigenvalue weighted by Crippen LogP contribution is -2.28. The van der Waals surface area contributed by atoms with Gasteiger partial charge in [0.05, 0.1) is 4.47 Å². The quantitative estimate of drug-likeness (QED) is 0.930. The van der Waals surface area contributed by atoms with E-state index in [4.69, 9.17) is 0 Å². The van der Waals surface area contributed by atoms with Crippen molar-refractivity contribution in [3.8, 4) is 0 Å². The maximum Gasteiger partial charge on any atom is 0.272 e. The van der Waals surface area contributed by atoms with Crippen molar-refractivity contribution < 1.29 is 9.18 Å². The summed E-state index contributed by atoms with van der Waals surface area (Å²) in [4.78, 5) is 12.0. The normalized spacial score (nSPS) is 12.2. The van der Waals surface area contributed by atoms with Crippen LogP contribution in [-0.4, -0.2) is 22.2 Å². The molecule has 0 saturated carbocycles. The first-order chi connectivity index (χ1) is 9.47. The summed E-state index contributed by atoms with van der Waals surface area (Å²) in [5.74, 6) is -0.393. The first kappa shape index (κ1) is 14.7. The molecule has 0 bridgehead atoms. The third-order valence-electron chi connectivity index (χ3n) is 3.01. The Labute approximate surface area is 125 Å². The van der Waals surface area contributed by atoms with Crippen molar-refractivity contribution in [2.45, 2.75) is 12.8 Å². The van der Waals surface area contributed by atoms with E-state index >= 15 is 0 Å². The van der Waals surface area contributed by atoms with Gasteiger partial charge in [-0.2, -0.15) is 5.10 Å². The standard InChI is InChI=1S/C14H15BrFN3O/c1-9(10-3-5-11(16)6-4-10)7-17-14(20)13-12(15)8-19(2)18-13/h3-6,8-9H,7H2,1-2H3,(H,17,20). The lowest BCUT2D eigenvalue weighted by Gasteiger charge is -2.12. The Morgan fingerprint density at radius 1 is 1.45 bits per heavy atom. The molecular formula is C14H15BrFN3O. The fourth-order valence-electron chi connectivity index (χ4n) is 1.85. The highest BCUT2D eigenvalue weighted by molar-refractivity contribution is 9.10. The molecule has 2 rings (SSSR count). The van der Waals surface area contributed by atoms with Gasteiger partial charge in [0.15, 0.2) is 5.69 Å². The number of carbonyl (C=O) groups excluding carboxylic acids is 1. The molecule has 0 aliphatic heterocycles. The van der Waals surface area contributed by atoms with Crippen LogP contribution in [0.5, 0.6) is 0 Å². The molecule has 0 saturated heterocycles. The molecule has 1 unspecified atom stereocenters. The van der Waals surface area contributed by atoms with Gasteiger partial charge in [0.2, 0.25) is 0 Å². The highest BCUT2D eigenvalue weighted by atomic mass is 79.9. The number of hydrogen-bond donors (Lipinski definition) is 1. The van der Waals surface area contributed by atoms with Crippen LogP contribution in [0.15, 0.2) is 34.9 Å². The van der Waals surface area contributed by atoms with E-state index in [-0.39, 0.29) is 17.6 Å². The minimum Gasteiger partial charge on any atom is -0.350 e. The number of nitrogens with zero attached hydrogens (tertiary/aromatic N) is 2. The van der Waals surface area contributed by atoms with Crippen molar-refractivity contribution in [3.63, 3.8) is 0 Å². The number of rotatable bonds is 4. The minimum atomic E-state index is -0.262. The van der Waals surface area contributed by atoms with Gasteiger partial charge in [-0.15, -0.1) is 0 Å². The molecule has 20 heavy (non-hydrogen) atoms. The first-order valence-corrected chi connectivity index (χ1v) is 6.99. The average Bonchev–Trinajstić information content (AvgIpc) is 2.75. The summed E-state index contributed by atoms with van der Waals surface area (Å²) >= 11 is 3.29. The lowest BCUT2D eigenvalue weighted by atomic mass is 10.0. The van der Waals surface area contributed by atoms with Crippen LogP contribution >= 0.6 is 15.9 Å². The van der Waals surface area contributed by atoms with E-state index in [1.165, 1.54) is 12.1 Å². The maximum absolute atomic E-state index is 12.8. The molecule has 0 aliphatic carbocycles. The smallest absolute Gasteiger partial charge is 0.272 e. The number of benzene rings is 1. The van der Waals surface area contributed by atoms with Crippen LogP contribution in [0.2, 0.25) is 0 Å². The van der Waals surface area contributed by atoms with Gasteiger partial charge in [-0.3, -0.25) is 9.48 Å². The summed E-state index contributed by atoms with van der Waals surface area (Å²) in [5.41, 5.74) is 1.34. The summed E-state index contributed by atoms with van der Waals surface area (Å²) in [5, 5.41) is 6.91. The van der Waals surface area contributed by atoms with Crippen LogP contribution in [0.4, 0.5) is 4.39 Å². The molecule has 106 valence electrons. The van der Waals surface area contributed by atoms with Crippen molar-refractivity contribution in [1.82, 2.24) is 15.1 Å². The first-order valence-electron chi connectivity index (χ1n) is 6.20. The summed E-state index contributed by atoms with van der Waals surface area (Å²) in [6, 6.07) is 6.29. The van der Waals surface area contributed by atoms with Gasteiger partial charge < -0.3 is 5.32 Å². The number of hydrogen-bond acceptors (Lipinski definition) is 2. The van der Waals surface area contributed by atoms with Gasteiger partial charge in [0.25, 0.3) is 5.91 Å². The van der Waals surface area contributed by atoms with E-state index in [2.05, 4.69) is 26.3 Å². The van der Waals surface area contributed by atoms with Crippen molar-refractivity contribution >= 4 is 21.8 Å². The molecule has 6 heteroatoms. The van der Waals surface area contributed by atoms with Crippen molar-refractivity contribution in [2.75, 3.05) is 6.54 Å². The van der Waals surface area contributed by atoms with Crippen LogP contribution in [0.3, 0.4) is 0 Å². The molecule has 2 aromatic rings. The molecule has 1 amide bonds. The molecule has 1 N–H and O–H groups in total. The second kappa shape index (κ2) is 6.17. The Morgan fingerprint density at radius 2 is 2.10 bits per heavy atom. The third-order valence-corrected chi connectivity index (χ3v) is 3.59. The number of halogens is 2. The molecular weight excluding hydrogens is 325 g/mol. The average molecular weight is 340 g/mol. The van der Waals surface area contributed by atoms with E-state index < -0.39 is 0 Å². The van der Waals surface area contributed by atoms with Gasteiger partial charge >= 0.3 is 0 Å². The Bertz CT molecular complexity index is 609. The monoisotopic (exact) mass is 339 g/mol. The van der Waals surface area contributed by atoms with Crippen molar-refractivity contribution in [3.05, 3.63) is 52.0 Å². The molecule has 0 fully saturated rings. The minimum absolute atomic E-state index is 0.0991. The highest BCUT2D eigenvalue weighted by Crippen LogP contribution is 2.16. The highest BCUT2D eigenvalue weighted by Gasteiger charge is 2.15. The predicted molar refractivity (Wildman–Crippen MR) is 78.1 cm³/mol. The summed E-state index contributed by atoms with van der Waals surface area (Å²) in [6.45, 7) is 2.44. The molecule has 0 aliphatic rings. The Morgan fingerprint density at radius 3 is 2.65 bits per heavy atom. The van der Waals surface area contributed by atoms with Crippen LogP contribution in [0, 0.1) is 5.82 Å². The number of nitrogens with one attached hydrogen (secondary N) is 1. The molecule has 1 aromatic heterocycles. The SMILES string of the molecule is CC(CNC(=O)c1nn(C)cc1Br)c1ccc(F)cc1. The molecule has 1 heterocycles. The Hall–Kier alpha value is -1.69. The maximum atomic E-state index is 12.8. The number of carbonyl (C=O) groups is 1. The second-order valence-electron chi connectivity index (χ2n) is 4.66. The van der Waals surface area contributed by atoms with Crippen molar-refractivity contribution in [2.24, 2.45) is 7.05 Å². The number of aromatic nitrogens is 2. The summed E-state index contributed by atoms with van der Waals surface area (Å²) in [7, 11) is 1.75. The van der Waals surface area contributed by atoms with Gasteiger partial charge in [-0.1, -0.05) is 19.1 Å². The van der Waals surface area contributed by atoms with E-state index in [1.807, 2.05) is 6.92 Å². The zero-order valence-corrected chi connectivity index (χ0v) is 12.8. The predicted octanol–water partition coefficient (Wildman–Crippen LogP) is 2.86. The zero-order chi connectivity index (χ0) is 14.7. The molecule has 1 atom stereocenters. The van der Waals surface area contributed by atoms with Crippen LogP contribution in [0.25, 0.3) is 0 Å². The van der Waals surface area contributed by atoms with E-state index in [0.717, 1.165) is 5.56 Å². The largest absolute Gasteiger partial charge is 0.350 e. The Kier molecular flexibility index (Phi) is 4.54. The van der Waals surface area contributed by atoms with Crippen molar-refractivity contribution in [1.29, 1.82) is 0 Å². The fraction of sp³-hybridized carbons (Fsp3) is 0.286. The summed E-state index contributed by atoms with van der Waals surface area (Å²) < 4.78 is 15.1. The molecule has 4 nitrogen and oxygen atoms in total. The third kappa shape index (κ3) is 3.45. The van der Waals surface area contributed by atoms with Gasteiger partial charge in [-0.05, 0) is 39.5 Å². The number of amides is 1. The fourth-order valence-corrected chi connectivity index (χ4v) is 2.41. The van der Waals surface area contributed by atoms with E-state index in [9.17, 15) is 9.18 Å². The van der Waals surface area contributed by atoms with Crippen LogP contribution in [-0.2, 0) is 7.05 Å². The zero-order valence-electron chi connectivity index (χ0n) is 11.2. The molecule has 0 radical (unpaired) electrons. The second-order valence-corrected chi connectivity index (χ2v) is 5.52. The lowest BCUT2D eigenvalue weighted by molar-refractivity contribution is 0.0945. The molecule has 1 aromatic carbocycles. The van der Waals surface area contributed by atoms with Gasteiger partial charge in [0, 0.05) is 19.8 Å². The molecule has 0 spiro atoms. The number of aryl methyl sites for hydroxylation is 1. The Balaban J connectivity index is 1.96. The van der Waals surface area contributed by atoms with E-state index in [1.54, 1.807) is 30.1 Å². The van der Waals surface area contributed by atoms with Crippen LogP contribution in [0.1, 0.15) is 28.9 Å². The van der Waals surface area contributed by atoms with E-state index in [0.29, 0.717) is 16.7 Å². The summed E-state index contributed by atoms with van der Waals surface area (Å²) in [6.07, 6.45) is 1.72. The van der Waals surface area contributed by atoms with Gasteiger partial charge in [-0.25, -0.2) is 4.39 Å². The topological polar surface area (TPSA) is 46.9 Å². The van der Waals surface area contributed by atoms with Gasteiger partial charge in [0.1, 0.15) is 5.82 Å². The van der Waals surface area contributed by atoms with Crippen LogP contribution < -0.4 is 5.32 Å².